The number of hydrogen-bond donors (Lipinski definition) is 2. The quantitative estimate of drug-likeness (QED) is 0.353. The number of amides is 3. The van der Waals surface area contributed by atoms with Crippen LogP contribution in [-0.4, -0.2) is 49.6 Å². The van der Waals surface area contributed by atoms with Crippen molar-refractivity contribution < 1.29 is 28.8 Å². The predicted octanol–water partition coefficient (Wildman–Crippen LogP) is 1.47. The van der Waals surface area contributed by atoms with Crippen molar-refractivity contribution in [3.8, 4) is 0 Å². The van der Waals surface area contributed by atoms with Gasteiger partial charge in [0, 0.05) is 31.0 Å². The summed E-state index contributed by atoms with van der Waals surface area (Å²) in [6.45, 7) is 4.06. The standard InChI is InChI=1S/C19H25N5O6/c1-3-29-17(26)8-10-20-19(28)22-16-9-11-24(18(16)27)15-6-4-14(5-7-15)12-21-23-30-13(2)25/h4-7,16H,3,8-12H2,1-2H3,(H2,20,22,28)/t16-/m0/s1. The molecule has 1 fully saturated rings. The van der Waals surface area contributed by atoms with Crippen LogP contribution in [0.1, 0.15) is 32.3 Å². The maximum Gasteiger partial charge on any atom is 0.333 e. The summed E-state index contributed by atoms with van der Waals surface area (Å²) in [6.07, 6.45) is 0.543. The first kappa shape index (κ1) is 22.8. The highest BCUT2D eigenvalue weighted by molar-refractivity contribution is 6.01. The van der Waals surface area contributed by atoms with Crippen LogP contribution in [0.4, 0.5) is 10.5 Å². The molecule has 1 heterocycles. The van der Waals surface area contributed by atoms with Crippen molar-refractivity contribution in [2.45, 2.75) is 39.3 Å². The van der Waals surface area contributed by atoms with Gasteiger partial charge < -0.3 is 25.1 Å². The van der Waals surface area contributed by atoms with Crippen LogP contribution in [0.15, 0.2) is 34.7 Å². The van der Waals surface area contributed by atoms with Gasteiger partial charge in [-0.15, -0.1) is 5.11 Å². The fourth-order valence-electron chi connectivity index (χ4n) is 2.77. The summed E-state index contributed by atoms with van der Waals surface area (Å²) in [4.78, 5) is 52.4. The van der Waals surface area contributed by atoms with Crippen molar-refractivity contribution in [2.24, 2.45) is 10.4 Å². The highest BCUT2D eigenvalue weighted by Crippen LogP contribution is 2.22. The minimum atomic E-state index is -0.634. The Labute approximate surface area is 173 Å². The Morgan fingerprint density at radius 3 is 2.63 bits per heavy atom. The number of rotatable bonds is 9. The van der Waals surface area contributed by atoms with Gasteiger partial charge in [-0.1, -0.05) is 12.1 Å². The van der Waals surface area contributed by atoms with E-state index >= 15 is 0 Å². The van der Waals surface area contributed by atoms with Crippen LogP contribution in [0.3, 0.4) is 0 Å². The molecule has 1 aliphatic rings. The lowest BCUT2D eigenvalue weighted by atomic mass is 10.2. The maximum absolute atomic E-state index is 12.6. The van der Waals surface area contributed by atoms with Crippen molar-refractivity contribution in [3.05, 3.63) is 29.8 Å². The molecule has 30 heavy (non-hydrogen) atoms. The van der Waals surface area contributed by atoms with Gasteiger partial charge in [0.1, 0.15) is 6.04 Å². The lowest BCUT2D eigenvalue weighted by molar-refractivity contribution is -0.143. The summed E-state index contributed by atoms with van der Waals surface area (Å²) in [7, 11) is 0. The topological polar surface area (TPSA) is 139 Å². The van der Waals surface area contributed by atoms with Crippen molar-refractivity contribution in [1.29, 1.82) is 0 Å². The number of carbonyl (C=O) groups is 4. The average molecular weight is 419 g/mol. The molecule has 0 radical (unpaired) electrons. The third kappa shape index (κ3) is 7.15. The van der Waals surface area contributed by atoms with Crippen molar-refractivity contribution in [1.82, 2.24) is 10.6 Å². The number of anilines is 1. The molecule has 0 saturated carbocycles. The molecule has 0 spiro atoms. The van der Waals surface area contributed by atoms with Crippen LogP contribution >= 0.6 is 0 Å². The number of nitrogens with one attached hydrogen (secondary N) is 2. The van der Waals surface area contributed by atoms with E-state index in [0.29, 0.717) is 18.7 Å². The lowest BCUT2D eigenvalue weighted by Crippen LogP contribution is -2.46. The molecule has 11 nitrogen and oxygen atoms in total. The van der Waals surface area contributed by atoms with Gasteiger partial charge in [-0.2, -0.15) is 0 Å². The Hall–Kier alpha value is -3.50. The normalized spacial score (nSPS) is 15.9. The van der Waals surface area contributed by atoms with E-state index in [1.165, 1.54) is 6.92 Å². The van der Waals surface area contributed by atoms with Gasteiger partial charge in [0.15, 0.2) is 0 Å². The van der Waals surface area contributed by atoms with Gasteiger partial charge in [-0.25, -0.2) is 9.59 Å². The molecule has 0 bridgehead atoms. The van der Waals surface area contributed by atoms with E-state index < -0.39 is 24.0 Å². The largest absolute Gasteiger partial charge is 0.466 e. The smallest absolute Gasteiger partial charge is 0.333 e. The van der Waals surface area contributed by atoms with Gasteiger partial charge >= 0.3 is 18.0 Å². The van der Waals surface area contributed by atoms with Crippen molar-refractivity contribution in [2.75, 3.05) is 24.6 Å². The minimum Gasteiger partial charge on any atom is -0.466 e. The zero-order valence-electron chi connectivity index (χ0n) is 16.9. The second-order valence-corrected chi connectivity index (χ2v) is 6.42. The molecule has 2 rings (SSSR count). The lowest BCUT2D eigenvalue weighted by Gasteiger charge is -2.17. The number of carbonyl (C=O) groups excluding carboxylic acids is 4. The van der Waals surface area contributed by atoms with Gasteiger partial charge in [-0.05, 0) is 31.0 Å². The number of ether oxygens (including phenoxy) is 1. The molecule has 1 aromatic carbocycles. The monoisotopic (exact) mass is 419 g/mol. The Morgan fingerprint density at radius 2 is 1.97 bits per heavy atom. The van der Waals surface area contributed by atoms with Crippen molar-refractivity contribution in [3.63, 3.8) is 0 Å². The fraction of sp³-hybridized carbons (Fsp3) is 0.474. The highest BCUT2D eigenvalue weighted by atomic mass is 16.7. The van der Waals surface area contributed by atoms with E-state index in [1.807, 2.05) is 0 Å². The van der Waals surface area contributed by atoms with E-state index in [4.69, 9.17) is 4.74 Å². The summed E-state index contributed by atoms with van der Waals surface area (Å²) in [5.41, 5.74) is 1.53. The van der Waals surface area contributed by atoms with Crippen LogP contribution in [-0.2, 0) is 30.5 Å². The molecular weight excluding hydrogens is 394 g/mol. The van der Waals surface area contributed by atoms with Crippen LogP contribution in [0.5, 0.6) is 0 Å². The van der Waals surface area contributed by atoms with E-state index in [9.17, 15) is 19.2 Å². The fourth-order valence-corrected chi connectivity index (χ4v) is 2.77. The molecule has 0 aliphatic carbocycles. The molecule has 3 amide bonds. The SMILES string of the molecule is CCOC(=O)CCNC(=O)N[C@H]1CCN(c2ccc(CN=NOC(C)=O)cc2)C1=O. The molecule has 162 valence electrons. The number of hydrogen-bond acceptors (Lipinski definition) is 8. The Bertz CT molecular complexity index is 795. The molecule has 2 N–H and O–H groups in total. The molecule has 11 heteroatoms. The number of benzene rings is 1. The second-order valence-electron chi connectivity index (χ2n) is 6.42. The Kier molecular flexibility index (Phi) is 8.73. The summed E-state index contributed by atoms with van der Waals surface area (Å²) in [5, 5.41) is 12.2. The summed E-state index contributed by atoms with van der Waals surface area (Å²) < 4.78 is 4.78. The van der Waals surface area contributed by atoms with E-state index in [1.54, 1.807) is 36.1 Å². The molecule has 1 aromatic rings. The molecule has 0 aromatic heterocycles. The van der Waals surface area contributed by atoms with Gasteiger partial charge in [0.25, 0.3) is 0 Å². The number of nitrogens with zero attached hydrogens (tertiary/aromatic N) is 3. The average Bonchev–Trinajstić information content (AvgIpc) is 3.06. The predicted molar refractivity (Wildman–Crippen MR) is 105 cm³/mol. The molecule has 1 atom stereocenters. The van der Waals surface area contributed by atoms with Crippen LogP contribution < -0.4 is 15.5 Å². The Balaban J connectivity index is 1.80. The van der Waals surface area contributed by atoms with Gasteiger partial charge in [0.05, 0.1) is 19.6 Å². The summed E-state index contributed by atoms with van der Waals surface area (Å²) in [6, 6.07) is 5.99. The van der Waals surface area contributed by atoms with E-state index in [2.05, 4.69) is 25.9 Å². The van der Waals surface area contributed by atoms with Crippen molar-refractivity contribution >= 4 is 29.6 Å². The molecular formula is C19H25N5O6. The Morgan fingerprint density at radius 1 is 1.23 bits per heavy atom. The van der Waals surface area contributed by atoms with Gasteiger partial charge in [-0.3, -0.25) is 9.59 Å². The van der Waals surface area contributed by atoms with E-state index in [-0.39, 0.29) is 32.0 Å². The number of urea groups is 1. The zero-order valence-corrected chi connectivity index (χ0v) is 16.9. The van der Waals surface area contributed by atoms with Crippen LogP contribution in [0.2, 0.25) is 0 Å². The van der Waals surface area contributed by atoms with Gasteiger partial charge in [0.2, 0.25) is 5.91 Å². The highest BCUT2D eigenvalue weighted by Gasteiger charge is 2.33. The van der Waals surface area contributed by atoms with Crippen LogP contribution in [0.25, 0.3) is 0 Å². The summed E-state index contributed by atoms with van der Waals surface area (Å²) in [5.74, 6) is -1.15. The second kappa shape index (κ2) is 11.5. The third-order valence-corrected chi connectivity index (χ3v) is 4.16. The number of esters is 1. The van der Waals surface area contributed by atoms with Crippen LogP contribution in [0, 0.1) is 0 Å². The molecule has 1 aliphatic heterocycles. The first-order valence-electron chi connectivity index (χ1n) is 9.55. The summed E-state index contributed by atoms with van der Waals surface area (Å²) >= 11 is 0. The maximum atomic E-state index is 12.6. The minimum absolute atomic E-state index is 0.0682. The third-order valence-electron chi connectivity index (χ3n) is 4.16. The first-order valence-corrected chi connectivity index (χ1v) is 9.55. The first-order chi connectivity index (χ1) is 14.4. The van der Waals surface area contributed by atoms with E-state index in [0.717, 1.165) is 5.56 Å². The zero-order chi connectivity index (χ0) is 21.9. The molecule has 0 unspecified atom stereocenters. The molecule has 1 saturated heterocycles.